The molecule has 0 aliphatic carbocycles. The monoisotopic (exact) mass is 619 g/mol. The average molecular weight is 620 g/mol. The van der Waals surface area contributed by atoms with Crippen LogP contribution in [0.1, 0.15) is 40.7 Å². The Labute approximate surface area is 260 Å². The van der Waals surface area contributed by atoms with Crippen molar-refractivity contribution in [3.63, 3.8) is 0 Å². The number of fused-ring (bicyclic) bond motifs is 1. The molecule has 2 saturated heterocycles. The van der Waals surface area contributed by atoms with E-state index in [0.717, 1.165) is 56.7 Å². The highest BCUT2D eigenvalue weighted by Crippen LogP contribution is 2.35. The van der Waals surface area contributed by atoms with Crippen LogP contribution in [0.15, 0.2) is 68.3 Å². The lowest BCUT2D eigenvalue weighted by atomic mass is 10.1. The van der Waals surface area contributed by atoms with Crippen molar-refractivity contribution in [2.45, 2.75) is 38.4 Å². The van der Waals surface area contributed by atoms with Gasteiger partial charge in [-0.1, -0.05) is 6.07 Å². The van der Waals surface area contributed by atoms with E-state index < -0.39 is 17.6 Å². The number of aliphatic imine (C=N–C) groups is 4. The summed E-state index contributed by atoms with van der Waals surface area (Å²) in [5.74, 6) is 0.674. The molecule has 13 heteroatoms. The van der Waals surface area contributed by atoms with Gasteiger partial charge in [0.05, 0.1) is 17.5 Å². The number of likely N-dealkylation sites (N-methyl/N-ethyl adjacent to an activating group) is 1. The number of benzene rings is 2. The summed E-state index contributed by atoms with van der Waals surface area (Å²) in [4.78, 5) is 37.8. The first-order valence-corrected chi connectivity index (χ1v) is 15.2. The van der Waals surface area contributed by atoms with Crippen molar-refractivity contribution in [1.82, 2.24) is 9.80 Å². The number of nitrogens with one attached hydrogen (secondary N) is 2. The Balaban J connectivity index is 1.20. The van der Waals surface area contributed by atoms with E-state index in [9.17, 15) is 18.0 Å². The van der Waals surface area contributed by atoms with Crippen molar-refractivity contribution >= 4 is 47.2 Å². The highest BCUT2D eigenvalue weighted by molar-refractivity contribution is 6.38. The van der Waals surface area contributed by atoms with Crippen LogP contribution in [0.4, 0.5) is 30.2 Å². The first kappa shape index (κ1) is 30.5. The third-order valence-corrected chi connectivity index (χ3v) is 8.36. The molecular weight excluding hydrogens is 583 g/mol. The van der Waals surface area contributed by atoms with Crippen LogP contribution in [0.3, 0.4) is 0 Å². The topological polar surface area (TPSA) is 100 Å². The number of carbonyl (C=O) groups excluding carboxylic acids is 1. The zero-order valence-corrected chi connectivity index (χ0v) is 25.3. The zero-order valence-electron chi connectivity index (χ0n) is 25.3. The number of likely N-dealkylation sites (tertiary alicyclic amines) is 1. The maximum absolute atomic E-state index is 13.8. The lowest BCUT2D eigenvalue weighted by Gasteiger charge is -2.34. The van der Waals surface area contributed by atoms with Gasteiger partial charge in [0.25, 0.3) is 5.91 Å². The highest BCUT2D eigenvalue weighted by Gasteiger charge is 2.32. The predicted octanol–water partition coefficient (Wildman–Crippen LogP) is 5.05. The number of rotatable bonds is 5. The number of halogens is 3. The summed E-state index contributed by atoms with van der Waals surface area (Å²) in [5, 5.41) is 5.97. The van der Waals surface area contributed by atoms with Crippen molar-refractivity contribution in [2.24, 2.45) is 20.0 Å². The van der Waals surface area contributed by atoms with E-state index in [0.29, 0.717) is 42.0 Å². The van der Waals surface area contributed by atoms with Crippen molar-refractivity contribution < 1.29 is 18.0 Å². The van der Waals surface area contributed by atoms with Gasteiger partial charge in [0.15, 0.2) is 0 Å². The third kappa shape index (κ3) is 7.25. The largest absolute Gasteiger partial charge is 0.416 e. The molecule has 45 heavy (non-hydrogen) atoms. The lowest BCUT2D eigenvalue weighted by Crippen LogP contribution is -2.44. The number of alkyl halides is 3. The fourth-order valence-electron chi connectivity index (χ4n) is 5.67. The van der Waals surface area contributed by atoms with Gasteiger partial charge in [0.2, 0.25) is 5.96 Å². The summed E-state index contributed by atoms with van der Waals surface area (Å²) in [6.45, 7) is 6.42. The first-order chi connectivity index (χ1) is 21.6. The zero-order chi connectivity index (χ0) is 31.6. The summed E-state index contributed by atoms with van der Waals surface area (Å²) in [5.41, 5.74) is 2.15. The van der Waals surface area contributed by atoms with Gasteiger partial charge in [-0.3, -0.25) is 4.79 Å². The Morgan fingerprint density at radius 1 is 0.933 bits per heavy atom. The van der Waals surface area contributed by atoms with Crippen LogP contribution in [0.2, 0.25) is 0 Å². The molecule has 4 aliphatic heterocycles. The fraction of sp³-hybridized carbons (Fsp3) is 0.406. The van der Waals surface area contributed by atoms with Gasteiger partial charge in [-0.2, -0.15) is 13.2 Å². The van der Waals surface area contributed by atoms with Gasteiger partial charge < -0.3 is 25.3 Å². The molecule has 10 nitrogen and oxygen atoms in total. The molecule has 0 radical (unpaired) electrons. The van der Waals surface area contributed by atoms with Crippen molar-refractivity contribution in [3.05, 3.63) is 65.0 Å². The van der Waals surface area contributed by atoms with E-state index in [4.69, 9.17) is 4.99 Å². The van der Waals surface area contributed by atoms with E-state index in [1.54, 1.807) is 30.5 Å². The van der Waals surface area contributed by atoms with E-state index in [2.05, 4.69) is 35.4 Å². The van der Waals surface area contributed by atoms with Gasteiger partial charge >= 0.3 is 6.18 Å². The maximum atomic E-state index is 13.8. The minimum Gasteiger partial charge on any atom is -0.369 e. The molecule has 0 aromatic heterocycles. The van der Waals surface area contributed by atoms with E-state index in [1.165, 1.54) is 12.8 Å². The number of amides is 1. The molecule has 4 heterocycles. The molecule has 0 saturated carbocycles. The number of piperazine rings is 1. The molecule has 2 aromatic carbocycles. The molecule has 2 aromatic rings. The highest BCUT2D eigenvalue weighted by atomic mass is 19.4. The molecule has 2 fully saturated rings. The van der Waals surface area contributed by atoms with Crippen LogP contribution in [-0.2, 0) is 6.18 Å². The maximum Gasteiger partial charge on any atom is 0.416 e. The normalized spacial score (nSPS) is 20.6. The van der Waals surface area contributed by atoms with Gasteiger partial charge in [-0.05, 0) is 75.2 Å². The van der Waals surface area contributed by atoms with E-state index in [-0.39, 0.29) is 17.3 Å². The molecule has 236 valence electrons. The van der Waals surface area contributed by atoms with Crippen LogP contribution < -0.4 is 15.5 Å². The summed E-state index contributed by atoms with van der Waals surface area (Å²) >= 11 is 0. The molecule has 6 rings (SSSR count). The number of anilines is 3. The second-order valence-corrected chi connectivity index (χ2v) is 11.7. The number of piperidine rings is 1. The summed E-state index contributed by atoms with van der Waals surface area (Å²) in [6.07, 6.45) is 3.92. The van der Waals surface area contributed by atoms with Crippen LogP contribution in [0.25, 0.3) is 0 Å². The Bertz CT molecular complexity index is 1600. The Morgan fingerprint density at radius 2 is 1.71 bits per heavy atom. The average Bonchev–Trinajstić information content (AvgIpc) is 3.23. The second-order valence-electron chi connectivity index (χ2n) is 11.7. The standard InChI is InChI=1S/C32H36F3N9O/c1-21-6-7-22(30(45)39-24-15-23(32(33,34)35)16-25(17-24)43-12-10-42(2)11-13-43)14-26(21)40-29-18-27-28(37-20-38-29)19-36-31(41-27)44-8-4-3-5-9-44/h6-7,14-20,27,40H,3-5,8-13H2,1-2H3,(H,39,45). The van der Waals surface area contributed by atoms with Gasteiger partial charge in [-0.15, -0.1) is 0 Å². The van der Waals surface area contributed by atoms with Crippen LogP contribution in [-0.4, -0.2) is 92.3 Å². The molecule has 0 bridgehead atoms. The Kier molecular flexibility index (Phi) is 8.70. The molecular formula is C32H36F3N9O. The van der Waals surface area contributed by atoms with E-state index in [1.807, 2.05) is 24.9 Å². The number of hydrogen-bond donors (Lipinski definition) is 2. The van der Waals surface area contributed by atoms with Gasteiger partial charge in [-0.25, -0.2) is 20.0 Å². The van der Waals surface area contributed by atoms with Gasteiger partial charge in [0.1, 0.15) is 18.2 Å². The minimum absolute atomic E-state index is 0.0842. The Morgan fingerprint density at radius 3 is 2.47 bits per heavy atom. The molecule has 1 atom stereocenters. The molecule has 2 N–H and O–H groups in total. The van der Waals surface area contributed by atoms with Crippen molar-refractivity contribution in [2.75, 3.05) is 61.8 Å². The second kappa shape index (κ2) is 12.8. The summed E-state index contributed by atoms with van der Waals surface area (Å²) in [7, 11) is 1.98. The molecule has 4 aliphatic rings. The van der Waals surface area contributed by atoms with Crippen LogP contribution >= 0.6 is 0 Å². The first-order valence-electron chi connectivity index (χ1n) is 15.2. The number of carbonyl (C=O) groups is 1. The number of nitrogens with zero attached hydrogens (tertiary/aromatic N) is 7. The molecule has 1 unspecified atom stereocenters. The Hall–Kier alpha value is -4.52. The summed E-state index contributed by atoms with van der Waals surface area (Å²) < 4.78 is 41.4. The van der Waals surface area contributed by atoms with Crippen molar-refractivity contribution in [3.8, 4) is 0 Å². The number of aryl methyl sites for hydroxylation is 1. The number of guanidine groups is 1. The van der Waals surface area contributed by atoms with Crippen molar-refractivity contribution in [1.29, 1.82) is 0 Å². The molecule has 0 spiro atoms. The predicted molar refractivity (Wildman–Crippen MR) is 173 cm³/mol. The quantitative estimate of drug-likeness (QED) is 0.488. The van der Waals surface area contributed by atoms with E-state index >= 15 is 0 Å². The lowest BCUT2D eigenvalue weighted by molar-refractivity contribution is -0.137. The number of hydrogen-bond acceptors (Lipinski definition) is 9. The molecule has 1 amide bonds. The van der Waals surface area contributed by atoms with Crippen LogP contribution in [0.5, 0.6) is 0 Å². The van der Waals surface area contributed by atoms with Gasteiger partial charge in [0, 0.05) is 61.9 Å². The van der Waals surface area contributed by atoms with Crippen LogP contribution in [0, 0.1) is 6.92 Å². The fourth-order valence-corrected chi connectivity index (χ4v) is 5.67. The smallest absolute Gasteiger partial charge is 0.369 e. The minimum atomic E-state index is -4.55. The SMILES string of the molecule is Cc1ccc(C(=O)Nc2cc(N3CCN(C)CC3)cc(C(F)(F)F)c2)cc1NC1=CC2N=C(N3CCCCC3)N=CC2=NC=N1. The third-order valence-electron chi connectivity index (χ3n) is 8.36. The summed E-state index contributed by atoms with van der Waals surface area (Å²) in [6, 6.07) is 8.42.